The summed E-state index contributed by atoms with van der Waals surface area (Å²) in [7, 11) is 3.56. The standard InChI is InChI=1S/C15H18F2N4/c1-10-7-18-9-14(20-10)19-8-13(21(2)3)15-11(16)5-4-6-12(15)17/h4-7,9,13H,8H2,1-3H3,(H,19,20). The highest BCUT2D eigenvalue weighted by molar-refractivity contribution is 5.33. The predicted molar refractivity (Wildman–Crippen MR) is 78.0 cm³/mol. The molecule has 0 fully saturated rings. The molecule has 6 heteroatoms. The fourth-order valence-corrected chi connectivity index (χ4v) is 2.12. The number of anilines is 1. The molecular weight excluding hydrogens is 274 g/mol. The second-order valence-electron chi connectivity index (χ2n) is 5.04. The molecule has 0 radical (unpaired) electrons. The van der Waals surface area contributed by atoms with Crippen molar-refractivity contribution < 1.29 is 8.78 Å². The van der Waals surface area contributed by atoms with Gasteiger partial charge in [-0.05, 0) is 33.2 Å². The van der Waals surface area contributed by atoms with Crippen molar-refractivity contribution >= 4 is 5.82 Å². The molecule has 1 unspecified atom stereocenters. The van der Waals surface area contributed by atoms with Crippen LogP contribution in [0.4, 0.5) is 14.6 Å². The fraction of sp³-hybridized carbons (Fsp3) is 0.333. The molecule has 0 spiro atoms. The van der Waals surface area contributed by atoms with Gasteiger partial charge in [0.25, 0.3) is 0 Å². The number of hydrogen-bond donors (Lipinski definition) is 1. The molecular formula is C15H18F2N4. The van der Waals surface area contributed by atoms with Crippen molar-refractivity contribution in [3.05, 3.63) is 53.5 Å². The van der Waals surface area contributed by atoms with Crippen LogP contribution in [0.2, 0.25) is 0 Å². The highest BCUT2D eigenvalue weighted by atomic mass is 19.1. The zero-order valence-electron chi connectivity index (χ0n) is 12.3. The minimum Gasteiger partial charge on any atom is -0.367 e. The second kappa shape index (κ2) is 6.58. The van der Waals surface area contributed by atoms with Gasteiger partial charge >= 0.3 is 0 Å². The van der Waals surface area contributed by atoms with Gasteiger partial charge in [0.2, 0.25) is 0 Å². The monoisotopic (exact) mass is 292 g/mol. The molecule has 0 aliphatic heterocycles. The molecule has 1 N–H and O–H groups in total. The van der Waals surface area contributed by atoms with Gasteiger partial charge in [-0.15, -0.1) is 0 Å². The zero-order chi connectivity index (χ0) is 15.4. The quantitative estimate of drug-likeness (QED) is 0.920. The summed E-state index contributed by atoms with van der Waals surface area (Å²) in [6.07, 6.45) is 3.22. The van der Waals surface area contributed by atoms with Gasteiger partial charge < -0.3 is 10.2 Å². The van der Waals surface area contributed by atoms with Crippen LogP contribution in [0.1, 0.15) is 17.3 Å². The summed E-state index contributed by atoms with van der Waals surface area (Å²) in [6.45, 7) is 2.15. The third kappa shape index (κ3) is 3.72. The molecule has 4 nitrogen and oxygen atoms in total. The third-order valence-electron chi connectivity index (χ3n) is 3.19. The van der Waals surface area contributed by atoms with E-state index in [4.69, 9.17) is 0 Å². The minimum absolute atomic E-state index is 0.0515. The van der Waals surface area contributed by atoms with E-state index in [0.717, 1.165) is 5.69 Å². The number of benzene rings is 1. The van der Waals surface area contributed by atoms with E-state index >= 15 is 0 Å². The number of rotatable bonds is 5. The Morgan fingerprint density at radius 2 is 1.86 bits per heavy atom. The number of hydrogen-bond acceptors (Lipinski definition) is 4. The van der Waals surface area contributed by atoms with E-state index in [9.17, 15) is 8.78 Å². The number of nitrogens with zero attached hydrogens (tertiary/aromatic N) is 3. The first-order valence-electron chi connectivity index (χ1n) is 6.62. The summed E-state index contributed by atoms with van der Waals surface area (Å²) < 4.78 is 27.9. The molecule has 0 aliphatic rings. The van der Waals surface area contributed by atoms with Crippen LogP contribution in [0.5, 0.6) is 0 Å². The molecule has 0 amide bonds. The van der Waals surface area contributed by atoms with Crippen LogP contribution in [0.15, 0.2) is 30.6 Å². The lowest BCUT2D eigenvalue weighted by Crippen LogP contribution is -2.28. The van der Waals surface area contributed by atoms with Crippen molar-refractivity contribution in [2.75, 3.05) is 26.0 Å². The van der Waals surface area contributed by atoms with Crippen molar-refractivity contribution in [1.82, 2.24) is 14.9 Å². The van der Waals surface area contributed by atoms with E-state index in [0.29, 0.717) is 12.4 Å². The Morgan fingerprint density at radius 3 is 2.43 bits per heavy atom. The first-order chi connectivity index (χ1) is 9.99. The smallest absolute Gasteiger partial charge is 0.144 e. The highest BCUT2D eigenvalue weighted by Crippen LogP contribution is 2.24. The molecule has 112 valence electrons. The van der Waals surface area contributed by atoms with Crippen LogP contribution in [0.3, 0.4) is 0 Å². The lowest BCUT2D eigenvalue weighted by molar-refractivity contribution is 0.295. The third-order valence-corrected chi connectivity index (χ3v) is 3.19. The first-order valence-corrected chi connectivity index (χ1v) is 6.62. The largest absolute Gasteiger partial charge is 0.367 e. The molecule has 1 aromatic carbocycles. The number of aryl methyl sites for hydroxylation is 1. The van der Waals surface area contributed by atoms with Gasteiger partial charge in [-0.3, -0.25) is 4.98 Å². The summed E-state index contributed by atoms with van der Waals surface area (Å²) >= 11 is 0. The van der Waals surface area contributed by atoms with Crippen LogP contribution < -0.4 is 5.32 Å². The summed E-state index contributed by atoms with van der Waals surface area (Å²) in [6, 6.07) is 3.44. The molecule has 0 aliphatic carbocycles. The van der Waals surface area contributed by atoms with Gasteiger partial charge in [-0.25, -0.2) is 13.8 Å². The van der Waals surface area contributed by atoms with Crippen molar-refractivity contribution in [2.24, 2.45) is 0 Å². The second-order valence-corrected chi connectivity index (χ2v) is 5.04. The van der Waals surface area contributed by atoms with E-state index in [1.807, 2.05) is 6.92 Å². The molecule has 0 bridgehead atoms. The summed E-state index contributed by atoms with van der Waals surface area (Å²) in [5.41, 5.74) is 0.828. The number of aromatic nitrogens is 2. The fourth-order valence-electron chi connectivity index (χ4n) is 2.12. The molecule has 21 heavy (non-hydrogen) atoms. The van der Waals surface area contributed by atoms with Crippen LogP contribution in [-0.2, 0) is 0 Å². The molecule has 2 aromatic rings. The van der Waals surface area contributed by atoms with Gasteiger partial charge in [0.15, 0.2) is 0 Å². The van der Waals surface area contributed by atoms with Crippen LogP contribution in [0, 0.1) is 18.6 Å². The number of nitrogens with one attached hydrogen (secondary N) is 1. The molecule has 2 rings (SSSR count). The van der Waals surface area contributed by atoms with Gasteiger partial charge in [-0.1, -0.05) is 6.07 Å². The van der Waals surface area contributed by atoms with Gasteiger partial charge in [0.05, 0.1) is 17.9 Å². The number of halogens is 2. The topological polar surface area (TPSA) is 41.1 Å². The molecule has 0 saturated heterocycles. The Bertz CT molecular complexity index is 596. The lowest BCUT2D eigenvalue weighted by atomic mass is 10.0. The minimum atomic E-state index is -0.550. The van der Waals surface area contributed by atoms with Crippen molar-refractivity contribution in [3.63, 3.8) is 0 Å². The average Bonchev–Trinajstić information content (AvgIpc) is 2.41. The van der Waals surface area contributed by atoms with E-state index in [-0.39, 0.29) is 5.56 Å². The van der Waals surface area contributed by atoms with Crippen molar-refractivity contribution in [1.29, 1.82) is 0 Å². The number of likely N-dealkylation sites (N-methyl/N-ethyl adjacent to an activating group) is 1. The maximum absolute atomic E-state index is 13.9. The van der Waals surface area contributed by atoms with Crippen LogP contribution >= 0.6 is 0 Å². The molecule has 0 saturated carbocycles. The van der Waals surface area contributed by atoms with Crippen molar-refractivity contribution in [2.45, 2.75) is 13.0 Å². The van der Waals surface area contributed by atoms with Gasteiger partial charge in [-0.2, -0.15) is 0 Å². The molecule has 1 atom stereocenters. The van der Waals surface area contributed by atoms with Gasteiger partial charge in [0, 0.05) is 18.3 Å². The summed E-state index contributed by atoms with van der Waals surface area (Å²) in [5.74, 6) is -0.518. The molecule has 1 heterocycles. The van der Waals surface area contributed by atoms with Crippen LogP contribution in [0.25, 0.3) is 0 Å². The predicted octanol–water partition coefficient (Wildman–Crippen LogP) is 2.78. The Kier molecular flexibility index (Phi) is 4.80. The van der Waals surface area contributed by atoms with Gasteiger partial charge in [0.1, 0.15) is 17.5 Å². The van der Waals surface area contributed by atoms with Crippen LogP contribution in [-0.4, -0.2) is 35.5 Å². The Hall–Kier alpha value is -2.08. The summed E-state index contributed by atoms with van der Waals surface area (Å²) in [5, 5.41) is 3.07. The highest BCUT2D eigenvalue weighted by Gasteiger charge is 2.22. The zero-order valence-corrected chi connectivity index (χ0v) is 12.3. The SMILES string of the molecule is Cc1cncc(NCC(c2c(F)cccc2F)N(C)C)n1. The van der Waals surface area contributed by atoms with E-state index in [2.05, 4.69) is 15.3 Å². The lowest BCUT2D eigenvalue weighted by Gasteiger charge is -2.26. The Balaban J connectivity index is 2.20. The normalized spacial score (nSPS) is 12.5. The van der Waals surface area contributed by atoms with E-state index < -0.39 is 17.7 Å². The maximum Gasteiger partial charge on any atom is 0.144 e. The van der Waals surface area contributed by atoms with E-state index in [1.54, 1.807) is 31.4 Å². The summed E-state index contributed by atoms with van der Waals surface area (Å²) in [4.78, 5) is 10.1. The molecule has 1 aromatic heterocycles. The maximum atomic E-state index is 13.9. The average molecular weight is 292 g/mol. The Morgan fingerprint density at radius 1 is 1.19 bits per heavy atom. The first kappa shape index (κ1) is 15.3. The van der Waals surface area contributed by atoms with E-state index in [1.165, 1.54) is 18.2 Å². The van der Waals surface area contributed by atoms with Crippen molar-refractivity contribution in [3.8, 4) is 0 Å². The Labute approximate surface area is 122 Å².